The molecule has 0 amide bonds. The molecular formula is C13H15N3O3. The van der Waals surface area contributed by atoms with Gasteiger partial charge < -0.3 is 9.84 Å². The van der Waals surface area contributed by atoms with Crippen molar-refractivity contribution in [1.29, 1.82) is 0 Å². The van der Waals surface area contributed by atoms with Gasteiger partial charge in [0.1, 0.15) is 17.0 Å². The topological polar surface area (TPSA) is 77.2 Å². The molecule has 6 heteroatoms. The lowest BCUT2D eigenvalue weighted by molar-refractivity contribution is 0.0693. The largest absolute Gasteiger partial charge is 0.477 e. The molecule has 1 N–H and O–H groups in total. The molecule has 100 valence electrons. The minimum absolute atomic E-state index is 0.0354. The summed E-state index contributed by atoms with van der Waals surface area (Å²) in [6.45, 7) is 5.46. The van der Waals surface area contributed by atoms with Crippen molar-refractivity contribution in [3.8, 4) is 11.5 Å². The number of carbonyl (C=O) groups is 1. The fourth-order valence-electron chi connectivity index (χ4n) is 1.79. The zero-order chi connectivity index (χ0) is 14.2. The first-order valence-electron chi connectivity index (χ1n) is 5.78. The van der Waals surface area contributed by atoms with Crippen LogP contribution in [0.4, 0.5) is 0 Å². The van der Waals surface area contributed by atoms with Gasteiger partial charge in [-0.15, -0.1) is 0 Å². The summed E-state index contributed by atoms with van der Waals surface area (Å²) in [6.07, 6.45) is 1.30. The maximum absolute atomic E-state index is 11.2. The van der Waals surface area contributed by atoms with Gasteiger partial charge in [0.05, 0.1) is 5.69 Å². The van der Waals surface area contributed by atoms with E-state index in [1.165, 1.54) is 6.20 Å². The number of aromatic nitrogens is 3. The van der Waals surface area contributed by atoms with Gasteiger partial charge >= 0.3 is 5.97 Å². The fraction of sp³-hybridized carbons (Fsp3) is 0.308. The Hall–Kier alpha value is -2.37. The lowest BCUT2D eigenvalue weighted by Gasteiger charge is -2.09. The molecule has 6 nitrogen and oxygen atoms in total. The molecule has 2 heterocycles. The number of carboxylic acid groups (broad SMARTS) is 1. The molecule has 0 bridgehead atoms. The van der Waals surface area contributed by atoms with Gasteiger partial charge in [-0.2, -0.15) is 5.10 Å². The van der Waals surface area contributed by atoms with Crippen molar-refractivity contribution in [3.63, 3.8) is 0 Å². The molecule has 0 spiro atoms. The smallest absolute Gasteiger partial charge is 0.341 e. The summed E-state index contributed by atoms with van der Waals surface area (Å²) in [5.74, 6) is -0.212. The molecule has 0 saturated carbocycles. The molecule has 0 atom stereocenters. The number of hydrogen-bond acceptors (Lipinski definition) is 4. The first-order chi connectivity index (χ1) is 8.90. The SMILES string of the molecule is Cc1cc(Oc2c(C)nn(C)c2C)c(C(=O)O)cn1. The van der Waals surface area contributed by atoms with Crippen LogP contribution in [-0.4, -0.2) is 25.8 Å². The van der Waals surface area contributed by atoms with Crippen LogP contribution in [0.25, 0.3) is 0 Å². The summed E-state index contributed by atoms with van der Waals surface area (Å²) < 4.78 is 7.42. The molecule has 0 aliphatic rings. The van der Waals surface area contributed by atoms with Gasteiger partial charge in [-0.05, 0) is 20.8 Å². The summed E-state index contributed by atoms with van der Waals surface area (Å²) >= 11 is 0. The van der Waals surface area contributed by atoms with Crippen molar-refractivity contribution in [3.05, 3.63) is 34.9 Å². The van der Waals surface area contributed by atoms with Crippen LogP contribution in [0.2, 0.25) is 0 Å². The molecule has 0 aromatic carbocycles. The first-order valence-corrected chi connectivity index (χ1v) is 5.78. The van der Waals surface area contributed by atoms with E-state index in [0.717, 1.165) is 5.69 Å². The Balaban J connectivity index is 2.48. The zero-order valence-electron chi connectivity index (χ0n) is 11.3. The molecule has 0 radical (unpaired) electrons. The van der Waals surface area contributed by atoms with Gasteiger partial charge in [0.25, 0.3) is 0 Å². The number of carboxylic acids is 1. The van der Waals surface area contributed by atoms with Crippen LogP contribution in [0.3, 0.4) is 0 Å². The molecule has 2 aromatic rings. The van der Waals surface area contributed by atoms with Gasteiger partial charge in [-0.3, -0.25) is 9.67 Å². The van der Waals surface area contributed by atoms with Gasteiger partial charge in [0, 0.05) is 25.0 Å². The Morgan fingerprint density at radius 2 is 2.05 bits per heavy atom. The second-order valence-electron chi connectivity index (χ2n) is 4.35. The van der Waals surface area contributed by atoms with Crippen LogP contribution in [0, 0.1) is 20.8 Å². The predicted molar refractivity (Wildman–Crippen MR) is 68.7 cm³/mol. The van der Waals surface area contributed by atoms with Crippen LogP contribution in [0.1, 0.15) is 27.4 Å². The Kier molecular flexibility index (Phi) is 3.25. The molecule has 2 rings (SSSR count). The van der Waals surface area contributed by atoms with Gasteiger partial charge in [0.2, 0.25) is 0 Å². The highest BCUT2D eigenvalue weighted by molar-refractivity contribution is 5.90. The highest BCUT2D eigenvalue weighted by atomic mass is 16.5. The van der Waals surface area contributed by atoms with Gasteiger partial charge in [0.15, 0.2) is 5.75 Å². The van der Waals surface area contributed by atoms with Crippen LogP contribution in [-0.2, 0) is 7.05 Å². The third-order valence-corrected chi connectivity index (χ3v) is 2.89. The number of aromatic carboxylic acids is 1. The summed E-state index contributed by atoms with van der Waals surface area (Å²) in [4.78, 5) is 15.1. The zero-order valence-corrected chi connectivity index (χ0v) is 11.3. The lowest BCUT2D eigenvalue weighted by Crippen LogP contribution is -2.02. The van der Waals surface area contributed by atoms with Crippen molar-refractivity contribution >= 4 is 5.97 Å². The molecular weight excluding hydrogens is 246 g/mol. The Morgan fingerprint density at radius 1 is 1.37 bits per heavy atom. The van der Waals surface area contributed by atoms with E-state index in [1.54, 1.807) is 17.7 Å². The standard InChI is InChI=1S/C13H15N3O3/c1-7-5-11(10(6-14-7)13(17)18)19-12-8(2)15-16(4)9(12)3/h5-6H,1-4H3,(H,17,18). The van der Waals surface area contributed by atoms with Crippen molar-refractivity contribution in [2.45, 2.75) is 20.8 Å². The molecule has 0 aliphatic heterocycles. The van der Waals surface area contributed by atoms with E-state index in [9.17, 15) is 4.79 Å². The molecule has 2 aromatic heterocycles. The number of aryl methyl sites for hydroxylation is 3. The van der Waals surface area contributed by atoms with Crippen molar-refractivity contribution in [1.82, 2.24) is 14.8 Å². The van der Waals surface area contributed by atoms with E-state index in [-0.39, 0.29) is 11.3 Å². The quantitative estimate of drug-likeness (QED) is 0.916. The average Bonchev–Trinajstić information content (AvgIpc) is 2.56. The fourth-order valence-corrected chi connectivity index (χ4v) is 1.79. The van der Waals surface area contributed by atoms with E-state index in [4.69, 9.17) is 9.84 Å². The average molecular weight is 261 g/mol. The molecule has 0 fully saturated rings. The number of rotatable bonds is 3. The van der Waals surface area contributed by atoms with Gasteiger partial charge in [-0.1, -0.05) is 0 Å². The minimum atomic E-state index is -1.07. The van der Waals surface area contributed by atoms with Crippen LogP contribution in [0.5, 0.6) is 11.5 Å². The molecule has 0 unspecified atom stereocenters. The first kappa shape index (κ1) is 13.1. The number of ether oxygens (including phenoxy) is 1. The maximum Gasteiger partial charge on any atom is 0.341 e. The van der Waals surface area contributed by atoms with Crippen molar-refractivity contribution in [2.24, 2.45) is 7.05 Å². The monoisotopic (exact) mass is 261 g/mol. The normalized spacial score (nSPS) is 10.5. The third kappa shape index (κ3) is 2.42. The Bertz CT molecular complexity index is 647. The van der Waals surface area contributed by atoms with E-state index in [2.05, 4.69) is 10.1 Å². The van der Waals surface area contributed by atoms with E-state index < -0.39 is 5.97 Å². The van der Waals surface area contributed by atoms with Crippen molar-refractivity contribution in [2.75, 3.05) is 0 Å². The molecule has 19 heavy (non-hydrogen) atoms. The summed E-state index contributed by atoms with van der Waals surface area (Å²) in [5.41, 5.74) is 2.28. The molecule has 0 saturated heterocycles. The minimum Gasteiger partial charge on any atom is -0.477 e. The third-order valence-electron chi connectivity index (χ3n) is 2.89. The predicted octanol–water partition coefficient (Wildman–Crippen LogP) is 2.23. The molecule has 0 aliphatic carbocycles. The number of pyridine rings is 1. The van der Waals surface area contributed by atoms with E-state index in [0.29, 0.717) is 17.1 Å². The van der Waals surface area contributed by atoms with E-state index >= 15 is 0 Å². The highest BCUT2D eigenvalue weighted by Crippen LogP contribution is 2.30. The van der Waals surface area contributed by atoms with E-state index in [1.807, 2.05) is 20.9 Å². The van der Waals surface area contributed by atoms with Crippen LogP contribution in [0.15, 0.2) is 12.3 Å². The lowest BCUT2D eigenvalue weighted by atomic mass is 10.2. The number of nitrogens with zero attached hydrogens (tertiary/aromatic N) is 3. The van der Waals surface area contributed by atoms with Crippen molar-refractivity contribution < 1.29 is 14.6 Å². The van der Waals surface area contributed by atoms with Crippen LogP contribution < -0.4 is 4.74 Å². The van der Waals surface area contributed by atoms with Crippen LogP contribution >= 0.6 is 0 Å². The summed E-state index contributed by atoms with van der Waals surface area (Å²) in [5, 5.41) is 13.4. The second kappa shape index (κ2) is 4.72. The summed E-state index contributed by atoms with van der Waals surface area (Å²) in [7, 11) is 1.81. The Morgan fingerprint density at radius 3 is 2.58 bits per heavy atom. The number of hydrogen-bond donors (Lipinski definition) is 1. The summed E-state index contributed by atoms with van der Waals surface area (Å²) in [6, 6.07) is 1.61. The Labute approximate surface area is 110 Å². The maximum atomic E-state index is 11.2. The van der Waals surface area contributed by atoms with Gasteiger partial charge in [-0.25, -0.2) is 4.79 Å². The highest BCUT2D eigenvalue weighted by Gasteiger charge is 2.17. The second-order valence-corrected chi connectivity index (χ2v) is 4.35.